The first kappa shape index (κ1) is 12.1. The highest BCUT2D eigenvalue weighted by Gasteiger charge is 2.28. The van der Waals surface area contributed by atoms with Crippen LogP contribution >= 0.6 is 0 Å². The van der Waals surface area contributed by atoms with E-state index < -0.39 is 10.8 Å². The molecule has 1 aliphatic rings. The zero-order valence-electron chi connectivity index (χ0n) is 9.12. The van der Waals surface area contributed by atoms with E-state index in [1.54, 1.807) is 7.11 Å². The molecule has 0 aromatic heterocycles. The lowest BCUT2D eigenvalue weighted by Gasteiger charge is -2.30. The summed E-state index contributed by atoms with van der Waals surface area (Å²) in [6, 6.07) is 0.446. The molecule has 3 unspecified atom stereocenters. The Morgan fingerprint density at radius 2 is 2.14 bits per heavy atom. The fraction of sp³-hybridized carbons (Fsp3) is 1.00. The molecule has 0 amide bonds. The van der Waals surface area contributed by atoms with Crippen molar-refractivity contribution in [2.24, 2.45) is 0 Å². The fourth-order valence-corrected chi connectivity index (χ4v) is 3.76. The number of methoxy groups -OCH3 is 1. The van der Waals surface area contributed by atoms with Gasteiger partial charge < -0.3 is 10.1 Å². The van der Waals surface area contributed by atoms with Crippen LogP contribution in [0, 0.1) is 0 Å². The van der Waals surface area contributed by atoms with Gasteiger partial charge in [0.1, 0.15) is 0 Å². The molecule has 1 rings (SSSR count). The summed E-state index contributed by atoms with van der Waals surface area (Å²) < 4.78 is 16.9. The van der Waals surface area contributed by atoms with Crippen LogP contribution in [-0.4, -0.2) is 42.0 Å². The highest BCUT2D eigenvalue weighted by atomic mass is 32.2. The molecule has 0 aromatic carbocycles. The summed E-state index contributed by atoms with van der Waals surface area (Å²) in [6.07, 6.45) is 4.76. The van der Waals surface area contributed by atoms with Gasteiger partial charge in [0.25, 0.3) is 0 Å². The smallest absolute Gasteiger partial charge is 0.0577 e. The maximum absolute atomic E-state index is 11.9. The van der Waals surface area contributed by atoms with E-state index >= 15 is 0 Å². The van der Waals surface area contributed by atoms with Gasteiger partial charge in [-0.25, -0.2) is 0 Å². The van der Waals surface area contributed by atoms with E-state index in [0.717, 1.165) is 6.42 Å². The third-order valence-corrected chi connectivity index (χ3v) is 4.71. The maximum atomic E-state index is 11.9. The van der Waals surface area contributed by atoms with Crippen molar-refractivity contribution in [1.82, 2.24) is 5.32 Å². The van der Waals surface area contributed by atoms with E-state index in [4.69, 9.17) is 4.74 Å². The highest BCUT2D eigenvalue weighted by molar-refractivity contribution is 7.85. The zero-order chi connectivity index (χ0) is 10.4. The summed E-state index contributed by atoms with van der Waals surface area (Å²) in [5, 5.41) is 3.61. The predicted molar refractivity (Wildman–Crippen MR) is 60.0 cm³/mol. The standard InChI is InChI=1S/C10H21NO2S/c1-11-9-5-3-4-6-10(9)14(12)8-7-13-2/h9-11H,3-8H2,1-2H3. The van der Waals surface area contributed by atoms with Gasteiger partial charge in [-0.3, -0.25) is 4.21 Å². The van der Waals surface area contributed by atoms with E-state index in [1.165, 1.54) is 19.3 Å². The topological polar surface area (TPSA) is 38.3 Å². The molecule has 0 aromatic rings. The Morgan fingerprint density at radius 3 is 2.79 bits per heavy atom. The van der Waals surface area contributed by atoms with E-state index in [2.05, 4.69) is 5.32 Å². The Kier molecular flexibility index (Phi) is 5.67. The molecule has 1 aliphatic carbocycles. The third kappa shape index (κ3) is 3.33. The van der Waals surface area contributed by atoms with Gasteiger partial charge in [-0.05, 0) is 19.9 Å². The molecule has 0 radical (unpaired) electrons. The van der Waals surface area contributed by atoms with Gasteiger partial charge in [-0.15, -0.1) is 0 Å². The normalized spacial score (nSPS) is 30.1. The summed E-state index contributed by atoms with van der Waals surface area (Å²) in [6.45, 7) is 0.611. The summed E-state index contributed by atoms with van der Waals surface area (Å²) in [5.74, 6) is 0.680. The van der Waals surface area contributed by atoms with E-state index in [-0.39, 0.29) is 0 Å². The maximum Gasteiger partial charge on any atom is 0.0577 e. The van der Waals surface area contributed by atoms with Crippen molar-refractivity contribution >= 4 is 10.8 Å². The van der Waals surface area contributed by atoms with Crippen molar-refractivity contribution in [2.75, 3.05) is 26.5 Å². The molecule has 1 fully saturated rings. The SMILES string of the molecule is CNC1CCCCC1S(=O)CCOC. The van der Waals surface area contributed by atoms with Gasteiger partial charge in [-0.2, -0.15) is 0 Å². The largest absolute Gasteiger partial charge is 0.384 e. The van der Waals surface area contributed by atoms with Gasteiger partial charge in [0.2, 0.25) is 0 Å². The lowest BCUT2D eigenvalue weighted by molar-refractivity contribution is 0.217. The number of hydrogen-bond donors (Lipinski definition) is 1. The molecule has 4 heteroatoms. The van der Waals surface area contributed by atoms with Crippen molar-refractivity contribution in [3.63, 3.8) is 0 Å². The van der Waals surface area contributed by atoms with Crippen molar-refractivity contribution < 1.29 is 8.95 Å². The second-order valence-corrected chi connectivity index (χ2v) is 5.57. The average molecular weight is 219 g/mol. The monoisotopic (exact) mass is 219 g/mol. The Balaban J connectivity index is 2.41. The Morgan fingerprint density at radius 1 is 1.43 bits per heavy atom. The van der Waals surface area contributed by atoms with Crippen LogP contribution in [0.4, 0.5) is 0 Å². The van der Waals surface area contributed by atoms with Crippen LogP contribution < -0.4 is 5.32 Å². The molecule has 0 spiro atoms. The first-order valence-electron chi connectivity index (χ1n) is 5.33. The molecule has 84 valence electrons. The molecule has 1 saturated carbocycles. The first-order valence-corrected chi connectivity index (χ1v) is 6.71. The summed E-state index contributed by atoms with van der Waals surface area (Å²) >= 11 is 0. The van der Waals surface area contributed by atoms with Gasteiger partial charge in [-0.1, -0.05) is 12.8 Å². The molecule has 3 nitrogen and oxygen atoms in total. The minimum Gasteiger partial charge on any atom is -0.384 e. The van der Waals surface area contributed by atoms with E-state index in [0.29, 0.717) is 23.7 Å². The summed E-state index contributed by atoms with van der Waals surface area (Å²) in [5.41, 5.74) is 0. The molecule has 14 heavy (non-hydrogen) atoms. The Bertz CT molecular complexity index is 187. The van der Waals surface area contributed by atoms with Crippen LogP contribution in [-0.2, 0) is 15.5 Å². The number of hydrogen-bond acceptors (Lipinski definition) is 3. The lowest BCUT2D eigenvalue weighted by Crippen LogP contribution is -2.43. The second kappa shape index (κ2) is 6.53. The number of nitrogens with one attached hydrogen (secondary N) is 1. The van der Waals surface area contributed by atoms with Crippen LogP contribution in [0.15, 0.2) is 0 Å². The van der Waals surface area contributed by atoms with Crippen LogP contribution in [0.2, 0.25) is 0 Å². The second-order valence-electron chi connectivity index (χ2n) is 3.80. The van der Waals surface area contributed by atoms with Crippen molar-refractivity contribution in [3.05, 3.63) is 0 Å². The molecular formula is C10H21NO2S. The van der Waals surface area contributed by atoms with Crippen molar-refractivity contribution in [2.45, 2.75) is 37.0 Å². The predicted octanol–water partition coefficient (Wildman–Crippen LogP) is 0.912. The molecular weight excluding hydrogens is 198 g/mol. The molecule has 0 aliphatic heterocycles. The highest BCUT2D eigenvalue weighted by Crippen LogP contribution is 2.22. The molecule has 1 N–H and O–H groups in total. The lowest BCUT2D eigenvalue weighted by atomic mass is 9.95. The zero-order valence-corrected chi connectivity index (χ0v) is 9.94. The van der Waals surface area contributed by atoms with Gasteiger partial charge in [0.05, 0.1) is 11.9 Å². The molecule has 0 heterocycles. The number of rotatable bonds is 5. The van der Waals surface area contributed by atoms with Gasteiger partial charge in [0.15, 0.2) is 0 Å². The van der Waals surface area contributed by atoms with Crippen molar-refractivity contribution in [1.29, 1.82) is 0 Å². The van der Waals surface area contributed by atoms with Gasteiger partial charge in [0, 0.05) is 29.7 Å². The first-order chi connectivity index (χ1) is 6.79. The van der Waals surface area contributed by atoms with E-state index in [9.17, 15) is 4.21 Å². The van der Waals surface area contributed by atoms with Crippen LogP contribution in [0.25, 0.3) is 0 Å². The summed E-state index contributed by atoms with van der Waals surface area (Å²) in [4.78, 5) is 0. The van der Waals surface area contributed by atoms with Crippen LogP contribution in [0.5, 0.6) is 0 Å². The molecule has 0 saturated heterocycles. The van der Waals surface area contributed by atoms with Crippen LogP contribution in [0.1, 0.15) is 25.7 Å². The van der Waals surface area contributed by atoms with Crippen LogP contribution in [0.3, 0.4) is 0 Å². The Hall–Kier alpha value is 0.0700. The average Bonchev–Trinajstić information content (AvgIpc) is 2.25. The minimum absolute atomic E-state index is 0.337. The number of ether oxygens (including phenoxy) is 1. The third-order valence-electron chi connectivity index (χ3n) is 2.90. The van der Waals surface area contributed by atoms with Crippen molar-refractivity contribution in [3.8, 4) is 0 Å². The van der Waals surface area contributed by atoms with E-state index in [1.807, 2.05) is 7.05 Å². The Labute approximate surface area is 89.1 Å². The molecule has 3 atom stereocenters. The van der Waals surface area contributed by atoms with Gasteiger partial charge >= 0.3 is 0 Å². The molecule has 0 bridgehead atoms. The minimum atomic E-state index is -0.724. The summed E-state index contributed by atoms with van der Waals surface area (Å²) in [7, 11) is 2.91. The fourth-order valence-electron chi connectivity index (χ4n) is 2.06. The quantitative estimate of drug-likeness (QED) is 0.747.